The van der Waals surface area contributed by atoms with Crippen molar-refractivity contribution < 1.29 is 14.9 Å². The largest absolute Gasteiger partial charge is 0.480 e. The molecule has 5 N–H and O–H groups in total. The van der Waals surface area contributed by atoms with Crippen LogP contribution in [0.2, 0.25) is 0 Å². The number of nitrogens with one attached hydrogen (secondary N) is 1. The molecular weight excluding hydrogens is 468 g/mol. The summed E-state index contributed by atoms with van der Waals surface area (Å²) >= 11 is 0. The number of imidazole rings is 1. The van der Waals surface area contributed by atoms with Gasteiger partial charge in [0.1, 0.15) is 0 Å². The number of ether oxygens (including phenoxy) is 1. The van der Waals surface area contributed by atoms with Crippen molar-refractivity contribution in [2.24, 2.45) is 0 Å². The van der Waals surface area contributed by atoms with E-state index in [1.165, 1.54) is 16.7 Å². The Morgan fingerprint density at radius 1 is 1.05 bits per heavy atom. The van der Waals surface area contributed by atoms with Crippen LogP contribution < -0.4 is 15.8 Å². The second-order valence-corrected chi connectivity index (χ2v) is 9.77. The van der Waals surface area contributed by atoms with Crippen LogP contribution in [0.3, 0.4) is 0 Å². The van der Waals surface area contributed by atoms with E-state index in [1.54, 1.807) is 4.57 Å². The van der Waals surface area contributed by atoms with Crippen LogP contribution in [-0.2, 0) is 19.5 Å². The third kappa shape index (κ3) is 4.87. The van der Waals surface area contributed by atoms with E-state index >= 15 is 0 Å². The van der Waals surface area contributed by atoms with Crippen LogP contribution in [0.5, 0.6) is 12.0 Å². The molecule has 1 fully saturated rings. The molecule has 0 atom stereocenters. The average Bonchev–Trinajstić information content (AvgIpc) is 3.19. The van der Waals surface area contributed by atoms with Crippen LogP contribution in [0.25, 0.3) is 22.3 Å². The Bertz CT molecular complexity index is 1460. The van der Waals surface area contributed by atoms with Crippen LogP contribution >= 0.6 is 0 Å². The van der Waals surface area contributed by atoms with Gasteiger partial charge in [-0.05, 0) is 53.5 Å². The molecule has 1 saturated carbocycles. The summed E-state index contributed by atoms with van der Waals surface area (Å²) in [6.45, 7) is 1.60. The molecule has 0 radical (unpaired) electrons. The molecule has 2 aliphatic rings. The molecule has 3 heterocycles. The van der Waals surface area contributed by atoms with Crippen molar-refractivity contribution in [2.75, 3.05) is 12.3 Å². The number of benzene rings is 2. The number of allylic oxidation sites excluding steroid dienone is 1. The van der Waals surface area contributed by atoms with Crippen molar-refractivity contribution >= 4 is 17.0 Å². The Kier molecular flexibility index (Phi) is 6.23. The first-order valence-corrected chi connectivity index (χ1v) is 12.7. The molecule has 2 aromatic heterocycles. The van der Waals surface area contributed by atoms with Gasteiger partial charge in [0.2, 0.25) is 0 Å². The molecule has 2 aromatic carbocycles. The van der Waals surface area contributed by atoms with Crippen molar-refractivity contribution in [3.63, 3.8) is 0 Å². The molecule has 1 aliphatic carbocycles. The highest BCUT2D eigenvalue weighted by Gasteiger charge is 2.26. The molecule has 4 aromatic rings. The molecule has 6 rings (SSSR count). The number of nitrogen functional groups attached to an aromatic ring is 1. The first kappa shape index (κ1) is 23.4. The fourth-order valence-electron chi connectivity index (χ4n) is 4.94. The van der Waals surface area contributed by atoms with Gasteiger partial charge in [0.05, 0.1) is 19.3 Å². The van der Waals surface area contributed by atoms with E-state index in [0.717, 1.165) is 36.9 Å². The quantitative estimate of drug-likeness (QED) is 0.315. The van der Waals surface area contributed by atoms with Crippen molar-refractivity contribution in [1.29, 1.82) is 0 Å². The molecule has 37 heavy (non-hydrogen) atoms. The summed E-state index contributed by atoms with van der Waals surface area (Å²) in [5.41, 5.74) is 12.6. The van der Waals surface area contributed by atoms with Gasteiger partial charge in [-0.3, -0.25) is 4.57 Å². The van der Waals surface area contributed by atoms with Gasteiger partial charge in [0.25, 0.3) is 6.01 Å². The average molecular weight is 499 g/mol. The van der Waals surface area contributed by atoms with Crippen LogP contribution in [0.1, 0.15) is 36.0 Å². The zero-order chi connectivity index (χ0) is 25.4. The minimum absolute atomic E-state index is 0.147. The fourth-order valence-corrected chi connectivity index (χ4v) is 4.94. The van der Waals surface area contributed by atoms with Crippen molar-refractivity contribution in [2.45, 2.75) is 50.9 Å². The zero-order valence-corrected chi connectivity index (χ0v) is 20.5. The predicted molar refractivity (Wildman–Crippen MR) is 141 cm³/mol. The number of aromatic nitrogens is 4. The lowest BCUT2D eigenvalue weighted by atomic mass is 9.89. The Labute approximate surface area is 214 Å². The van der Waals surface area contributed by atoms with Gasteiger partial charge in [0, 0.05) is 12.6 Å². The lowest BCUT2D eigenvalue weighted by Crippen LogP contribution is -2.43. The van der Waals surface area contributed by atoms with Gasteiger partial charge < -0.3 is 26.0 Å². The molecule has 190 valence electrons. The lowest BCUT2D eigenvalue weighted by Gasteiger charge is -2.32. The molecular formula is C28H30N6O3. The molecule has 0 amide bonds. The van der Waals surface area contributed by atoms with E-state index < -0.39 is 0 Å². The van der Waals surface area contributed by atoms with Crippen LogP contribution in [-0.4, -0.2) is 48.5 Å². The normalized spacial score (nSPS) is 20.2. The Morgan fingerprint density at radius 2 is 1.89 bits per heavy atom. The monoisotopic (exact) mass is 498 g/mol. The summed E-state index contributed by atoms with van der Waals surface area (Å²) in [4.78, 5) is 12.8. The smallest absolute Gasteiger partial charge is 0.320 e. The minimum Gasteiger partial charge on any atom is -0.480 e. The van der Waals surface area contributed by atoms with Crippen LogP contribution in [0.4, 0.5) is 5.82 Å². The summed E-state index contributed by atoms with van der Waals surface area (Å²) < 4.78 is 7.34. The number of aliphatic hydroxyl groups is 1. The highest BCUT2D eigenvalue weighted by molar-refractivity contribution is 5.83. The zero-order valence-electron chi connectivity index (χ0n) is 20.5. The third-order valence-electron chi connectivity index (χ3n) is 7.08. The van der Waals surface area contributed by atoms with Crippen molar-refractivity contribution in [3.05, 3.63) is 71.3 Å². The second-order valence-electron chi connectivity index (χ2n) is 9.77. The van der Waals surface area contributed by atoms with Crippen molar-refractivity contribution in [1.82, 2.24) is 24.8 Å². The number of anilines is 1. The molecule has 9 heteroatoms. The Hall–Kier alpha value is -3.95. The number of hydrogen-bond donors (Lipinski definition) is 4. The topological polar surface area (TPSA) is 131 Å². The number of nitrogens with zero attached hydrogens (tertiary/aromatic N) is 4. The number of hydrogen-bond acceptors (Lipinski definition) is 8. The molecule has 0 saturated heterocycles. The van der Waals surface area contributed by atoms with Crippen LogP contribution in [0, 0.1) is 0 Å². The van der Waals surface area contributed by atoms with Crippen LogP contribution in [0.15, 0.2) is 54.6 Å². The number of aromatic hydroxyl groups is 1. The molecule has 1 aliphatic heterocycles. The second kappa shape index (κ2) is 9.84. The van der Waals surface area contributed by atoms with Gasteiger partial charge in [0.15, 0.2) is 17.0 Å². The molecule has 0 unspecified atom stereocenters. The van der Waals surface area contributed by atoms with Gasteiger partial charge >= 0.3 is 6.01 Å². The number of fused-ring (bicyclic) bond motifs is 3. The van der Waals surface area contributed by atoms with Gasteiger partial charge in [-0.25, -0.2) is 0 Å². The number of aliphatic hydroxyl groups excluding tert-OH is 1. The third-order valence-corrected chi connectivity index (χ3v) is 7.08. The summed E-state index contributed by atoms with van der Waals surface area (Å²) in [6, 6.07) is 15.5. The highest BCUT2D eigenvalue weighted by atomic mass is 16.5. The summed E-state index contributed by atoms with van der Waals surface area (Å²) in [6.07, 6.45) is 7.26. The fraction of sp³-hybridized carbons (Fsp3) is 0.321. The van der Waals surface area contributed by atoms with Gasteiger partial charge in [-0.2, -0.15) is 15.0 Å². The highest BCUT2D eigenvalue weighted by Crippen LogP contribution is 2.30. The summed E-state index contributed by atoms with van der Waals surface area (Å²) in [7, 11) is 0. The maximum absolute atomic E-state index is 10.6. The van der Waals surface area contributed by atoms with E-state index in [2.05, 4.69) is 74.9 Å². The van der Waals surface area contributed by atoms with E-state index in [1.807, 2.05) is 0 Å². The summed E-state index contributed by atoms with van der Waals surface area (Å²) in [5.74, 6) is 0.177. The maximum Gasteiger partial charge on any atom is 0.320 e. The summed E-state index contributed by atoms with van der Waals surface area (Å²) in [5, 5.41) is 23.5. The van der Waals surface area contributed by atoms with Gasteiger partial charge in [-0.1, -0.05) is 54.6 Å². The number of nitrogens with two attached hydrogens (primary N) is 1. The van der Waals surface area contributed by atoms with E-state index in [-0.39, 0.29) is 23.9 Å². The SMILES string of the molecule is Nc1nc2nc3c1nc(O)n3Cc1ccc(-c3ccc(CNC4CC(O)C4)cc3)c(c1)C/C=C/CCO2. The first-order chi connectivity index (χ1) is 18.0. The lowest BCUT2D eigenvalue weighted by molar-refractivity contribution is 0.0619. The maximum atomic E-state index is 10.6. The molecule has 4 bridgehead atoms. The van der Waals surface area contributed by atoms with E-state index in [4.69, 9.17) is 10.5 Å². The molecule has 0 spiro atoms. The van der Waals surface area contributed by atoms with Gasteiger partial charge in [-0.15, -0.1) is 0 Å². The first-order valence-electron chi connectivity index (χ1n) is 12.7. The number of rotatable bonds is 4. The Balaban J connectivity index is 1.30. The van der Waals surface area contributed by atoms with Crippen molar-refractivity contribution in [3.8, 4) is 23.1 Å². The van der Waals surface area contributed by atoms with E-state index in [0.29, 0.717) is 36.8 Å². The molecule has 9 nitrogen and oxygen atoms in total. The van der Waals surface area contributed by atoms with E-state index in [9.17, 15) is 10.2 Å². The Morgan fingerprint density at radius 3 is 2.70 bits per heavy atom. The minimum atomic E-state index is -0.161. The standard InChI is InChI=1S/C28H30N6O3/c29-25-24-26-33-27(32-25)37-11-3-1-2-4-20-12-18(16-34(26)28(36)31-24)7-10-23(20)19-8-5-17(6-9-19)15-30-21-13-22(35)14-21/h1-2,5-10,12,21-22,30,35H,3-4,11,13-16H2,(H,31,36)(H2,29,32,33)/b2-1+. The predicted octanol–water partition coefficient (Wildman–Crippen LogP) is 3.32.